The third-order valence-electron chi connectivity index (χ3n) is 2.83. The lowest BCUT2D eigenvalue weighted by Crippen LogP contribution is -2.18. The maximum atomic E-state index is 12.5. The fraction of sp³-hybridized carbons (Fsp3) is 0.700. The molecule has 2 heterocycles. The average Bonchev–Trinajstić information content (AvgIpc) is 2.71. The summed E-state index contributed by atoms with van der Waals surface area (Å²) in [5.74, 6) is 1.01. The Labute approximate surface area is 82.9 Å². The molecule has 2 rings (SSSR count). The van der Waals surface area contributed by atoms with Crippen LogP contribution in [0.3, 0.4) is 0 Å². The fourth-order valence-electron chi connectivity index (χ4n) is 2.09. The van der Waals surface area contributed by atoms with Crippen LogP contribution in [-0.4, -0.2) is 30.3 Å². The van der Waals surface area contributed by atoms with Crippen molar-refractivity contribution in [3.8, 4) is 0 Å². The van der Waals surface area contributed by atoms with Crippen LogP contribution in [0.4, 0.5) is 4.39 Å². The summed E-state index contributed by atoms with van der Waals surface area (Å²) >= 11 is 0. The minimum absolute atomic E-state index is 0.149. The molecule has 1 aromatic rings. The van der Waals surface area contributed by atoms with Gasteiger partial charge in [0.05, 0.1) is 18.4 Å². The van der Waals surface area contributed by atoms with E-state index < -0.39 is 0 Å². The quantitative estimate of drug-likeness (QED) is 0.727. The minimum Gasteiger partial charge on any atom is -0.359 e. The van der Waals surface area contributed by atoms with Gasteiger partial charge in [-0.1, -0.05) is 5.16 Å². The first-order valence-electron chi connectivity index (χ1n) is 4.90. The molecule has 4 heteroatoms. The van der Waals surface area contributed by atoms with Crippen molar-refractivity contribution in [1.82, 2.24) is 10.1 Å². The predicted molar refractivity (Wildman–Crippen MR) is 50.7 cm³/mol. The van der Waals surface area contributed by atoms with Crippen molar-refractivity contribution in [2.24, 2.45) is 5.92 Å². The van der Waals surface area contributed by atoms with Crippen molar-refractivity contribution in [3.05, 3.63) is 17.5 Å². The molecule has 1 saturated heterocycles. The molecule has 2 unspecified atom stereocenters. The van der Waals surface area contributed by atoms with E-state index in [1.165, 1.54) is 0 Å². The van der Waals surface area contributed by atoms with Gasteiger partial charge in [-0.3, -0.25) is 9.29 Å². The molecular formula is C10H15FN2O. The molecule has 0 saturated carbocycles. The van der Waals surface area contributed by atoms with Crippen molar-refractivity contribution in [2.45, 2.75) is 19.4 Å². The third kappa shape index (κ3) is 1.66. The Morgan fingerprint density at radius 3 is 3.00 bits per heavy atom. The molecular weight excluding hydrogens is 183 g/mol. The van der Waals surface area contributed by atoms with Crippen molar-refractivity contribution < 1.29 is 8.91 Å². The molecule has 0 bridgehead atoms. The SMILES string of the molecule is Cc1cc(C2CC(CF)CN2C)on1. The van der Waals surface area contributed by atoms with E-state index in [2.05, 4.69) is 10.1 Å². The van der Waals surface area contributed by atoms with Gasteiger partial charge in [0.15, 0.2) is 5.76 Å². The number of nitrogens with zero attached hydrogens (tertiary/aromatic N) is 2. The largest absolute Gasteiger partial charge is 0.359 e. The lowest BCUT2D eigenvalue weighted by molar-refractivity contribution is 0.250. The highest BCUT2D eigenvalue weighted by atomic mass is 19.1. The minimum atomic E-state index is -0.242. The Hall–Kier alpha value is -0.900. The predicted octanol–water partition coefficient (Wildman–Crippen LogP) is 1.95. The molecule has 1 fully saturated rings. The lowest BCUT2D eigenvalue weighted by atomic mass is 10.1. The molecule has 1 aliphatic heterocycles. The first-order valence-corrected chi connectivity index (χ1v) is 4.90. The Balaban J connectivity index is 2.12. The van der Waals surface area contributed by atoms with Gasteiger partial charge in [0.25, 0.3) is 0 Å². The molecule has 0 N–H and O–H groups in total. The number of likely N-dealkylation sites (tertiary alicyclic amines) is 1. The van der Waals surface area contributed by atoms with Crippen LogP contribution < -0.4 is 0 Å². The molecule has 0 aliphatic carbocycles. The Kier molecular flexibility index (Phi) is 2.54. The molecule has 2 atom stereocenters. The van der Waals surface area contributed by atoms with E-state index in [-0.39, 0.29) is 18.6 Å². The molecule has 0 aromatic carbocycles. The second kappa shape index (κ2) is 3.69. The lowest BCUT2D eigenvalue weighted by Gasteiger charge is -2.15. The standard InChI is InChI=1S/C10H15FN2O/c1-7-3-10(14-12-7)9-4-8(5-11)6-13(9)2/h3,8-9H,4-6H2,1-2H3. The van der Waals surface area contributed by atoms with Crippen molar-refractivity contribution in [2.75, 3.05) is 20.3 Å². The first-order chi connectivity index (χ1) is 6.70. The summed E-state index contributed by atoms with van der Waals surface area (Å²) in [6.45, 7) is 2.46. The van der Waals surface area contributed by atoms with Crippen LogP contribution in [0.15, 0.2) is 10.6 Å². The van der Waals surface area contributed by atoms with Crippen LogP contribution in [0.2, 0.25) is 0 Å². The second-order valence-corrected chi connectivity index (χ2v) is 4.08. The topological polar surface area (TPSA) is 29.3 Å². The highest BCUT2D eigenvalue weighted by Crippen LogP contribution is 2.34. The van der Waals surface area contributed by atoms with E-state index in [0.717, 1.165) is 24.4 Å². The van der Waals surface area contributed by atoms with E-state index in [4.69, 9.17) is 4.52 Å². The van der Waals surface area contributed by atoms with Gasteiger partial charge >= 0.3 is 0 Å². The molecule has 78 valence electrons. The van der Waals surface area contributed by atoms with Crippen LogP contribution in [-0.2, 0) is 0 Å². The number of hydrogen-bond acceptors (Lipinski definition) is 3. The van der Waals surface area contributed by atoms with Crippen LogP contribution in [0, 0.1) is 12.8 Å². The zero-order valence-electron chi connectivity index (χ0n) is 8.53. The van der Waals surface area contributed by atoms with Gasteiger partial charge in [-0.05, 0) is 20.4 Å². The van der Waals surface area contributed by atoms with Crippen LogP contribution >= 0.6 is 0 Å². The van der Waals surface area contributed by atoms with E-state index in [1.807, 2.05) is 20.0 Å². The van der Waals surface area contributed by atoms with Crippen molar-refractivity contribution >= 4 is 0 Å². The summed E-state index contributed by atoms with van der Waals surface area (Å²) in [5.41, 5.74) is 0.886. The Bertz CT molecular complexity index is 313. The zero-order valence-corrected chi connectivity index (χ0v) is 8.53. The van der Waals surface area contributed by atoms with Gasteiger partial charge in [-0.25, -0.2) is 0 Å². The van der Waals surface area contributed by atoms with Gasteiger partial charge < -0.3 is 4.52 Å². The molecule has 1 aliphatic rings. The van der Waals surface area contributed by atoms with E-state index in [0.29, 0.717) is 0 Å². The van der Waals surface area contributed by atoms with Gasteiger partial charge in [0.1, 0.15) is 0 Å². The average molecular weight is 198 g/mol. The van der Waals surface area contributed by atoms with Gasteiger partial charge in [-0.2, -0.15) is 0 Å². The molecule has 0 amide bonds. The number of halogens is 1. The van der Waals surface area contributed by atoms with E-state index in [1.54, 1.807) is 0 Å². The first kappa shape index (κ1) is 9.65. The second-order valence-electron chi connectivity index (χ2n) is 4.08. The molecule has 3 nitrogen and oxygen atoms in total. The molecule has 14 heavy (non-hydrogen) atoms. The summed E-state index contributed by atoms with van der Waals surface area (Å²) < 4.78 is 17.7. The fourth-order valence-corrected chi connectivity index (χ4v) is 2.09. The summed E-state index contributed by atoms with van der Waals surface area (Å²) in [6.07, 6.45) is 0.835. The number of alkyl halides is 1. The Morgan fingerprint density at radius 2 is 2.50 bits per heavy atom. The zero-order chi connectivity index (χ0) is 10.1. The maximum Gasteiger partial charge on any atom is 0.154 e. The highest BCUT2D eigenvalue weighted by Gasteiger charge is 2.32. The number of aromatic nitrogens is 1. The monoisotopic (exact) mass is 198 g/mol. The smallest absolute Gasteiger partial charge is 0.154 e. The van der Waals surface area contributed by atoms with Crippen molar-refractivity contribution in [1.29, 1.82) is 0 Å². The van der Waals surface area contributed by atoms with Gasteiger partial charge in [0, 0.05) is 18.5 Å². The van der Waals surface area contributed by atoms with Crippen LogP contribution in [0.1, 0.15) is 23.9 Å². The summed E-state index contributed by atoms with van der Waals surface area (Å²) in [4.78, 5) is 2.13. The highest BCUT2D eigenvalue weighted by molar-refractivity contribution is 5.09. The summed E-state index contributed by atoms with van der Waals surface area (Å²) in [7, 11) is 2.00. The van der Waals surface area contributed by atoms with Gasteiger partial charge in [0.2, 0.25) is 0 Å². The molecule has 1 aromatic heterocycles. The van der Waals surface area contributed by atoms with E-state index >= 15 is 0 Å². The van der Waals surface area contributed by atoms with Gasteiger partial charge in [-0.15, -0.1) is 0 Å². The van der Waals surface area contributed by atoms with Crippen LogP contribution in [0.5, 0.6) is 0 Å². The van der Waals surface area contributed by atoms with Crippen molar-refractivity contribution in [3.63, 3.8) is 0 Å². The number of rotatable bonds is 2. The Morgan fingerprint density at radius 1 is 1.71 bits per heavy atom. The normalized spacial score (nSPS) is 28.5. The number of aryl methyl sites for hydroxylation is 1. The summed E-state index contributed by atoms with van der Waals surface area (Å²) in [6, 6.07) is 2.14. The number of hydrogen-bond donors (Lipinski definition) is 0. The third-order valence-corrected chi connectivity index (χ3v) is 2.83. The molecule has 0 radical (unpaired) electrons. The summed E-state index contributed by atoms with van der Waals surface area (Å²) in [5, 5.41) is 3.85. The van der Waals surface area contributed by atoms with Crippen LogP contribution in [0.25, 0.3) is 0 Å². The van der Waals surface area contributed by atoms with E-state index in [9.17, 15) is 4.39 Å². The maximum absolute atomic E-state index is 12.5. The molecule has 0 spiro atoms.